The molecule has 0 fully saturated rings. The molecule has 0 unspecified atom stereocenters. The van der Waals surface area contributed by atoms with Crippen molar-refractivity contribution in [3.8, 4) is 11.5 Å². The van der Waals surface area contributed by atoms with E-state index in [0.717, 1.165) is 5.56 Å². The van der Waals surface area contributed by atoms with Gasteiger partial charge in [-0.25, -0.2) is 14.6 Å². The van der Waals surface area contributed by atoms with E-state index in [-0.39, 0.29) is 29.9 Å². The number of carboxylic acids is 1. The van der Waals surface area contributed by atoms with E-state index >= 15 is 0 Å². The molecule has 0 bridgehead atoms. The van der Waals surface area contributed by atoms with E-state index in [1.807, 2.05) is 36.4 Å². The molecule has 1 aliphatic heterocycles. The molecule has 1 atom stereocenters. The minimum Gasteiger partial charge on any atom is -0.496 e. The van der Waals surface area contributed by atoms with Gasteiger partial charge in [0, 0.05) is 11.1 Å². The Morgan fingerprint density at radius 2 is 1.71 bits per heavy atom. The Morgan fingerprint density at radius 1 is 1.02 bits per heavy atom. The average molecular weight is 585 g/mol. The third-order valence-corrected chi connectivity index (χ3v) is 7.73. The van der Waals surface area contributed by atoms with Gasteiger partial charge in [-0.3, -0.25) is 9.36 Å². The first-order chi connectivity index (χ1) is 20.3. The summed E-state index contributed by atoms with van der Waals surface area (Å²) < 4.78 is 19.0. The predicted molar refractivity (Wildman–Crippen MR) is 158 cm³/mol. The second kappa shape index (κ2) is 12.3. The number of methoxy groups -OCH3 is 1. The lowest BCUT2D eigenvalue weighted by Gasteiger charge is -2.25. The number of ether oxygens (including phenoxy) is 3. The maximum Gasteiger partial charge on any atom is 0.338 e. The molecule has 0 radical (unpaired) electrons. The summed E-state index contributed by atoms with van der Waals surface area (Å²) >= 11 is 1.22. The van der Waals surface area contributed by atoms with Crippen molar-refractivity contribution in [3.05, 3.63) is 126 Å². The zero-order valence-corrected chi connectivity index (χ0v) is 24.0. The van der Waals surface area contributed by atoms with Crippen molar-refractivity contribution in [2.45, 2.75) is 26.5 Å². The van der Waals surface area contributed by atoms with E-state index in [0.29, 0.717) is 37.7 Å². The Labute approximate surface area is 245 Å². The summed E-state index contributed by atoms with van der Waals surface area (Å²) in [7, 11) is 1.54. The van der Waals surface area contributed by atoms with Crippen molar-refractivity contribution >= 4 is 29.4 Å². The van der Waals surface area contributed by atoms with Gasteiger partial charge in [-0.1, -0.05) is 59.9 Å². The van der Waals surface area contributed by atoms with Crippen LogP contribution in [0.4, 0.5) is 0 Å². The van der Waals surface area contributed by atoms with Crippen molar-refractivity contribution in [3.63, 3.8) is 0 Å². The van der Waals surface area contributed by atoms with E-state index in [1.54, 1.807) is 51.3 Å². The number of hydrogen-bond acceptors (Lipinski definition) is 8. The zero-order chi connectivity index (χ0) is 29.8. The number of esters is 1. The van der Waals surface area contributed by atoms with Crippen LogP contribution in [-0.4, -0.2) is 35.3 Å². The van der Waals surface area contributed by atoms with Gasteiger partial charge < -0.3 is 19.3 Å². The van der Waals surface area contributed by atoms with Crippen molar-refractivity contribution in [2.24, 2.45) is 4.99 Å². The lowest BCUT2D eigenvalue weighted by molar-refractivity contribution is -0.139. The molecule has 5 rings (SSSR count). The van der Waals surface area contributed by atoms with Crippen LogP contribution >= 0.6 is 11.3 Å². The highest BCUT2D eigenvalue weighted by Crippen LogP contribution is 2.35. The van der Waals surface area contributed by atoms with Crippen molar-refractivity contribution in [1.29, 1.82) is 0 Å². The lowest BCUT2D eigenvalue weighted by Crippen LogP contribution is -2.40. The highest BCUT2D eigenvalue weighted by molar-refractivity contribution is 7.07. The van der Waals surface area contributed by atoms with Gasteiger partial charge in [-0.2, -0.15) is 0 Å². The fraction of sp³-hybridized carbons (Fsp3) is 0.188. The maximum atomic E-state index is 14.0. The molecular weight excluding hydrogens is 556 g/mol. The quantitative estimate of drug-likeness (QED) is 0.295. The molecule has 2 heterocycles. The number of para-hydroxylation sites is 2. The second-order valence-corrected chi connectivity index (χ2v) is 10.4. The van der Waals surface area contributed by atoms with E-state index < -0.39 is 18.0 Å². The first kappa shape index (κ1) is 28.6. The largest absolute Gasteiger partial charge is 0.496 e. The maximum absolute atomic E-state index is 14.0. The van der Waals surface area contributed by atoms with Gasteiger partial charge in [0.15, 0.2) is 4.80 Å². The molecule has 0 amide bonds. The molecule has 9 nitrogen and oxygen atoms in total. The monoisotopic (exact) mass is 584 g/mol. The first-order valence-electron chi connectivity index (χ1n) is 13.2. The van der Waals surface area contributed by atoms with Gasteiger partial charge in [0.05, 0.1) is 35.1 Å². The van der Waals surface area contributed by atoms with Gasteiger partial charge in [0.1, 0.15) is 24.1 Å². The van der Waals surface area contributed by atoms with Gasteiger partial charge in [-0.15, -0.1) is 0 Å². The van der Waals surface area contributed by atoms with Gasteiger partial charge in [0.2, 0.25) is 0 Å². The van der Waals surface area contributed by atoms with Crippen LogP contribution in [-0.2, 0) is 16.1 Å². The van der Waals surface area contributed by atoms with Crippen LogP contribution < -0.4 is 24.4 Å². The second-order valence-electron chi connectivity index (χ2n) is 9.37. The zero-order valence-electron chi connectivity index (χ0n) is 23.2. The molecule has 214 valence electrons. The summed E-state index contributed by atoms with van der Waals surface area (Å²) in [5, 5.41) is 9.13. The number of thiazole rings is 1. The number of carboxylic acid groups (broad SMARTS) is 1. The number of nitrogens with zero attached hydrogens (tertiary/aromatic N) is 2. The van der Waals surface area contributed by atoms with Gasteiger partial charge >= 0.3 is 11.9 Å². The van der Waals surface area contributed by atoms with Crippen LogP contribution in [0.15, 0.2) is 93.9 Å². The molecule has 1 aliphatic rings. The van der Waals surface area contributed by atoms with Gasteiger partial charge in [-0.05, 0) is 49.8 Å². The van der Waals surface area contributed by atoms with Crippen LogP contribution in [0.2, 0.25) is 0 Å². The van der Waals surface area contributed by atoms with Gasteiger partial charge in [0.25, 0.3) is 5.56 Å². The summed E-state index contributed by atoms with van der Waals surface area (Å²) in [6.45, 7) is 3.85. The number of fused-ring (bicyclic) bond motifs is 1. The Bertz CT molecular complexity index is 1870. The third kappa shape index (κ3) is 5.61. The molecule has 1 aromatic heterocycles. The van der Waals surface area contributed by atoms with Crippen LogP contribution in [0.25, 0.3) is 6.08 Å². The fourth-order valence-corrected chi connectivity index (χ4v) is 5.79. The van der Waals surface area contributed by atoms with Crippen LogP contribution in [0, 0.1) is 0 Å². The van der Waals surface area contributed by atoms with Crippen LogP contribution in [0.1, 0.15) is 46.9 Å². The summed E-state index contributed by atoms with van der Waals surface area (Å²) in [6.07, 6.45) is 1.75. The Balaban J connectivity index is 1.57. The average Bonchev–Trinajstić information content (AvgIpc) is 3.30. The summed E-state index contributed by atoms with van der Waals surface area (Å²) in [5.74, 6) is -0.454. The smallest absolute Gasteiger partial charge is 0.338 e. The molecule has 0 saturated carbocycles. The minimum atomic E-state index is -0.994. The minimum absolute atomic E-state index is 0.180. The van der Waals surface area contributed by atoms with E-state index in [2.05, 4.69) is 4.99 Å². The lowest BCUT2D eigenvalue weighted by atomic mass is 9.95. The summed E-state index contributed by atoms with van der Waals surface area (Å²) in [5.41, 5.74) is 2.74. The number of carbonyl (C=O) groups excluding carboxylic acids is 1. The fourth-order valence-electron chi connectivity index (χ4n) is 4.76. The number of aromatic nitrogens is 1. The highest BCUT2D eigenvalue weighted by atomic mass is 32.1. The number of rotatable bonds is 9. The number of carbonyl (C=O) groups is 2. The molecule has 1 N–H and O–H groups in total. The molecule has 0 aliphatic carbocycles. The first-order valence-corrected chi connectivity index (χ1v) is 14.0. The molecule has 10 heteroatoms. The van der Waals surface area contributed by atoms with Crippen molar-refractivity contribution in [2.75, 3.05) is 13.7 Å². The van der Waals surface area contributed by atoms with E-state index in [9.17, 15) is 14.4 Å². The number of aromatic carboxylic acids is 1. The molecular formula is C32H28N2O7S. The number of hydrogen-bond donors (Lipinski definition) is 1. The van der Waals surface area contributed by atoms with E-state index in [1.165, 1.54) is 28.0 Å². The SMILES string of the molecule is CCOC(=O)C1=C(C)N=c2s/c(=C/c3ccccc3OCc3ccc(C(=O)O)cc3)c(=O)n2[C@@H]1c1ccccc1OC. The normalized spacial score (nSPS) is 14.6. The Morgan fingerprint density at radius 3 is 2.40 bits per heavy atom. The summed E-state index contributed by atoms with van der Waals surface area (Å²) in [6, 6.07) is 20.2. The molecule has 0 spiro atoms. The van der Waals surface area contributed by atoms with Crippen LogP contribution in [0.5, 0.6) is 11.5 Å². The molecule has 4 aromatic rings. The van der Waals surface area contributed by atoms with Crippen molar-refractivity contribution in [1.82, 2.24) is 4.57 Å². The third-order valence-electron chi connectivity index (χ3n) is 6.75. The Kier molecular flexibility index (Phi) is 8.35. The predicted octanol–water partition coefficient (Wildman–Crippen LogP) is 4.08. The molecule has 0 saturated heterocycles. The number of benzene rings is 3. The Hall–Kier alpha value is -4.96. The standard InChI is InChI=1S/C32H28N2O7S/c1-4-40-31(38)27-19(2)33-32-34(28(27)23-10-6-8-12-25(23)39-3)29(35)26(42-32)17-22-9-5-7-11-24(22)41-18-20-13-15-21(16-14-20)30(36)37/h5-17,28H,4,18H2,1-3H3,(H,36,37)/b26-17+/t28-/m1/s1. The highest BCUT2D eigenvalue weighted by Gasteiger charge is 2.35. The molecule has 3 aromatic carbocycles. The van der Waals surface area contributed by atoms with Crippen molar-refractivity contribution < 1.29 is 28.9 Å². The summed E-state index contributed by atoms with van der Waals surface area (Å²) in [4.78, 5) is 43.4. The topological polar surface area (TPSA) is 116 Å². The number of allylic oxidation sites excluding steroid dienone is 1. The molecule has 42 heavy (non-hydrogen) atoms. The van der Waals surface area contributed by atoms with E-state index in [4.69, 9.17) is 19.3 Å². The van der Waals surface area contributed by atoms with Crippen LogP contribution in [0.3, 0.4) is 0 Å².